The first kappa shape index (κ1) is 12.7. The summed E-state index contributed by atoms with van der Waals surface area (Å²) in [7, 11) is 0. The smallest absolute Gasteiger partial charge is 0.140 e. The number of benzene rings is 1. The van der Waals surface area contributed by atoms with Crippen LogP contribution in [0.25, 0.3) is 0 Å². The number of carbonyl (C=O) groups is 1. The van der Waals surface area contributed by atoms with Crippen LogP contribution in [0.2, 0.25) is 0 Å². The number of rotatable bonds is 3. The molecule has 0 saturated carbocycles. The fourth-order valence-corrected chi connectivity index (χ4v) is 3.33. The molecule has 2 unspecified atom stereocenters. The fourth-order valence-electron chi connectivity index (χ4n) is 3.33. The van der Waals surface area contributed by atoms with E-state index < -0.39 is 11.6 Å². The minimum absolute atomic E-state index is 0.00131. The van der Waals surface area contributed by atoms with Gasteiger partial charge in [0.2, 0.25) is 0 Å². The van der Waals surface area contributed by atoms with Gasteiger partial charge in [-0.1, -0.05) is 0 Å². The van der Waals surface area contributed by atoms with Crippen LogP contribution in [0.15, 0.2) is 18.2 Å². The Morgan fingerprint density at radius 2 is 1.89 bits per heavy atom. The topological polar surface area (TPSA) is 29.1 Å². The molecular weight excluding hydrogens is 248 g/mol. The first-order chi connectivity index (χ1) is 9.11. The maximum absolute atomic E-state index is 13.5. The minimum Gasteiger partial charge on any atom is -0.311 e. The van der Waals surface area contributed by atoms with Crippen LogP contribution < -0.4 is 5.32 Å². The Kier molecular flexibility index (Phi) is 3.35. The lowest BCUT2D eigenvalue weighted by atomic mass is 9.86. The van der Waals surface area contributed by atoms with Gasteiger partial charge in [0.1, 0.15) is 17.4 Å². The van der Waals surface area contributed by atoms with E-state index in [2.05, 4.69) is 5.32 Å². The maximum Gasteiger partial charge on any atom is 0.140 e. The quantitative estimate of drug-likeness (QED) is 0.910. The standard InChI is InChI=1S/C15H17F2NO/c16-11-1-4-14(17)9(5-11)8-15(19)10-6-12-2-3-13(7-10)18-12/h1,4-5,10,12-13,18H,2-3,6-8H2. The number of carbonyl (C=O) groups excluding carboxylic acids is 1. The van der Waals surface area contributed by atoms with Crippen molar-refractivity contribution in [3.8, 4) is 0 Å². The highest BCUT2D eigenvalue weighted by atomic mass is 19.1. The van der Waals surface area contributed by atoms with Crippen LogP contribution in [-0.4, -0.2) is 17.9 Å². The molecule has 0 aromatic heterocycles. The van der Waals surface area contributed by atoms with Gasteiger partial charge in [0, 0.05) is 24.4 Å². The van der Waals surface area contributed by atoms with Gasteiger partial charge in [-0.05, 0) is 49.4 Å². The van der Waals surface area contributed by atoms with Gasteiger partial charge < -0.3 is 5.32 Å². The molecule has 2 aliphatic heterocycles. The highest BCUT2D eigenvalue weighted by Crippen LogP contribution is 2.32. The molecule has 2 aliphatic rings. The van der Waals surface area contributed by atoms with Crippen molar-refractivity contribution in [3.05, 3.63) is 35.4 Å². The zero-order valence-corrected chi connectivity index (χ0v) is 10.7. The first-order valence-electron chi connectivity index (χ1n) is 6.84. The second-order valence-corrected chi connectivity index (χ2v) is 5.69. The minimum atomic E-state index is -0.494. The molecule has 3 rings (SSSR count). The van der Waals surface area contributed by atoms with Crippen molar-refractivity contribution in [1.29, 1.82) is 0 Å². The molecule has 2 atom stereocenters. The summed E-state index contributed by atoms with van der Waals surface area (Å²) in [5, 5.41) is 3.47. The van der Waals surface area contributed by atoms with Gasteiger partial charge in [0.05, 0.1) is 0 Å². The largest absolute Gasteiger partial charge is 0.311 e. The monoisotopic (exact) mass is 265 g/mol. The Morgan fingerprint density at radius 3 is 2.58 bits per heavy atom. The van der Waals surface area contributed by atoms with Crippen molar-refractivity contribution in [2.75, 3.05) is 0 Å². The molecule has 2 saturated heterocycles. The number of fused-ring (bicyclic) bond motifs is 2. The molecule has 1 aromatic rings. The van der Waals surface area contributed by atoms with E-state index in [9.17, 15) is 13.6 Å². The molecule has 102 valence electrons. The van der Waals surface area contributed by atoms with E-state index in [0.717, 1.165) is 43.9 Å². The molecule has 2 bridgehead atoms. The molecule has 0 spiro atoms. The van der Waals surface area contributed by atoms with Crippen LogP contribution in [0.5, 0.6) is 0 Å². The summed E-state index contributed by atoms with van der Waals surface area (Å²) in [6.07, 6.45) is 3.94. The lowest BCUT2D eigenvalue weighted by Gasteiger charge is -2.28. The van der Waals surface area contributed by atoms with Crippen LogP contribution in [-0.2, 0) is 11.2 Å². The third-order valence-corrected chi connectivity index (χ3v) is 4.30. The normalized spacial score (nSPS) is 29.5. The van der Waals surface area contributed by atoms with E-state index in [1.165, 1.54) is 0 Å². The van der Waals surface area contributed by atoms with Crippen LogP contribution in [0, 0.1) is 17.6 Å². The fraction of sp³-hybridized carbons (Fsp3) is 0.533. The molecule has 1 aromatic carbocycles. The second-order valence-electron chi connectivity index (χ2n) is 5.69. The van der Waals surface area contributed by atoms with Crippen molar-refractivity contribution in [2.45, 2.75) is 44.2 Å². The van der Waals surface area contributed by atoms with Gasteiger partial charge in [-0.3, -0.25) is 4.79 Å². The van der Waals surface area contributed by atoms with Crippen LogP contribution in [0.1, 0.15) is 31.2 Å². The van der Waals surface area contributed by atoms with Crippen molar-refractivity contribution in [3.63, 3.8) is 0 Å². The number of nitrogens with one attached hydrogen (secondary N) is 1. The summed E-state index contributed by atoms with van der Waals surface area (Å²) < 4.78 is 26.6. The number of ketones is 1. The maximum atomic E-state index is 13.5. The third-order valence-electron chi connectivity index (χ3n) is 4.30. The van der Waals surface area contributed by atoms with Crippen molar-refractivity contribution >= 4 is 5.78 Å². The number of piperidine rings is 1. The molecule has 2 fully saturated rings. The van der Waals surface area contributed by atoms with Crippen molar-refractivity contribution < 1.29 is 13.6 Å². The molecule has 2 nitrogen and oxygen atoms in total. The zero-order chi connectivity index (χ0) is 13.4. The zero-order valence-electron chi connectivity index (χ0n) is 10.7. The molecule has 2 heterocycles. The Hall–Kier alpha value is -1.29. The van der Waals surface area contributed by atoms with Gasteiger partial charge in [-0.25, -0.2) is 8.78 Å². The predicted octanol–water partition coefficient (Wildman–Crippen LogP) is 2.61. The van der Waals surface area contributed by atoms with Gasteiger partial charge in [0.15, 0.2) is 0 Å². The van der Waals surface area contributed by atoms with Gasteiger partial charge >= 0.3 is 0 Å². The summed E-state index contributed by atoms with van der Waals surface area (Å²) in [6, 6.07) is 4.16. The molecular formula is C15H17F2NO. The van der Waals surface area contributed by atoms with E-state index in [0.29, 0.717) is 12.1 Å². The summed E-state index contributed by atoms with van der Waals surface area (Å²) in [5.74, 6) is -0.939. The van der Waals surface area contributed by atoms with Gasteiger partial charge in [-0.2, -0.15) is 0 Å². The SMILES string of the molecule is O=C(Cc1cc(F)ccc1F)C1CC2CCC(C1)N2. The number of hydrogen-bond donors (Lipinski definition) is 1. The first-order valence-corrected chi connectivity index (χ1v) is 6.84. The van der Waals surface area contributed by atoms with Gasteiger partial charge in [-0.15, -0.1) is 0 Å². The van der Waals surface area contributed by atoms with Crippen molar-refractivity contribution in [1.82, 2.24) is 5.32 Å². The predicted molar refractivity (Wildman–Crippen MR) is 67.7 cm³/mol. The van der Waals surface area contributed by atoms with Crippen LogP contribution >= 0.6 is 0 Å². The van der Waals surface area contributed by atoms with Crippen molar-refractivity contribution in [2.24, 2.45) is 5.92 Å². The number of hydrogen-bond acceptors (Lipinski definition) is 2. The number of Topliss-reactive ketones (excluding diaryl/α,β-unsaturated/α-hetero) is 1. The average molecular weight is 265 g/mol. The van der Waals surface area contributed by atoms with E-state index in [1.54, 1.807) is 0 Å². The second kappa shape index (κ2) is 5.00. The lowest BCUT2D eigenvalue weighted by molar-refractivity contribution is -0.123. The summed E-state index contributed by atoms with van der Waals surface area (Å²) >= 11 is 0. The van der Waals surface area contributed by atoms with Crippen LogP contribution in [0.3, 0.4) is 0 Å². The summed E-state index contributed by atoms with van der Waals surface area (Å²) in [5.41, 5.74) is 0.177. The Labute approximate surface area is 111 Å². The molecule has 4 heteroatoms. The van der Waals surface area contributed by atoms with Crippen LogP contribution in [0.4, 0.5) is 8.78 Å². The Morgan fingerprint density at radius 1 is 1.21 bits per heavy atom. The molecule has 19 heavy (non-hydrogen) atoms. The molecule has 0 amide bonds. The van der Waals surface area contributed by atoms with E-state index >= 15 is 0 Å². The van der Waals surface area contributed by atoms with E-state index in [4.69, 9.17) is 0 Å². The third kappa shape index (κ3) is 2.68. The lowest BCUT2D eigenvalue weighted by Crippen LogP contribution is -2.40. The van der Waals surface area contributed by atoms with Gasteiger partial charge in [0.25, 0.3) is 0 Å². The Bertz CT molecular complexity index is 491. The van der Waals surface area contributed by atoms with E-state index in [-0.39, 0.29) is 23.7 Å². The number of halogens is 2. The molecule has 1 N–H and O–H groups in total. The summed E-state index contributed by atoms with van der Waals surface area (Å²) in [4.78, 5) is 12.2. The highest BCUT2D eigenvalue weighted by Gasteiger charge is 2.36. The highest BCUT2D eigenvalue weighted by molar-refractivity contribution is 5.83. The molecule has 0 aliphatic carbocycles. The average Bonchev–Trinajstić information content (AvgIpc) is 2.72. The summed E-state index contributed by atoms with van der Waals surface area (Å²) in [6.45, 7) is 0. The molecule has 0 radical (unpaired) electrons. The Balaban J connectivity index is 1.69. The van der Waals surface area contributed by atoms with E-state index in [1.807, 2.05) is 0 Å².